The van der Waals surface area contributed by atoms with E-state index in [9.17, 15) is 0 Å². The van der Waals surface area contributed by atoms with Gasteiger partial charge in [-0.25, -0.2) is 0 Å². The van der Waals surface area contributed by atoms with Gasteiger partial charge in [-0.1, -0.05) is 44.2 Å². The molecule has 0 saturated heterocycles. The predicted octanol–water partition coefficient (Wildman–Crippen LogP) is 4.02. The standard InChI is InChI=1S/C16H19NO/c1-12(2)13-4-6-14(7-5-13)15-8-9-16(11-18-3)17-10-15/h4-10,12H,11H2,1-3H3. The maximum Gasteiger partial charge on any atom is 0.0884 e. The van der Waals surface area contributed by atoms with Crippen molar-refractivity contribution in [1.29, 1.82) is 0 Å². The van der Waals surface area contributed by atoms with Crippen LogP contribution in [0.4, 0.5) is 0 Å². The minimum atomic E-state index is 0.562. The van der Waals surface area contributed by atoms with Crippen molar-refractivity contribution in [3.63, 3.8) is 0 Å². The molecule has 0 bridgehead atoms. The third-order valence-electron chi connectivity index (χ3n) is 3.03. The molecule has 1 aromatic carbocycles. The minimum Gasteiger partial charge on any atom is -0.378 e. The predicted molar refractivity (Wildman–Crippen MR) is 74.5 cm³/mol. The third kappa shape index (κ3) is 2.96. The number of benzene rings is 1. The number of rotatable bonds is 4. The quantitative estimate of drug-likeness (QED) is 0.806. The molecule has 2 aromatic rings. The third-order valence-corrected chi connectivity index (χ3v) is 3.03. The second-order valence-electron chi connectivity index (χ2n) is 4.75. The molecule has 2 nitrogen and oxygen atoms in total. The summed E-state index contributed by atoms with van der Waals surface area (Å²) in [6.07, 6.45) is 1.90. The molecular weight excluding hydrogens is 222 g/mol. The van der Waals surface area contributed by atoms with Gasteiger partial charge in [-0.2, -0.15) is 0 Å². The maximum atomic E-state index is 5.05. The van der Waals surface area contributed by atoms with Gasteiger partial charge in [-0.05, 0) is 23.1 Å². The summed E-state index contributed by atoms with van der Waals surface area (Å²) in [6.45, 7) is 4.97. The summed E-state index contributed by atoms with van der Waals surface area (Å²) in [4.78, 5) is 4.38. The first-order chi connectivity index (χ1) is 8.70. The SMILES string of the molecule is COCc1ccc(-c2ccc(C(C)C)cc2)cn1. The molecular formula is C16H19NO. The van der Waals surface area contributed by atoms with Crippen molar-refractivity contribution in [1.82, 2.24) is 4.98 Å². The van der Waals surface area contributed by atoms with Gasteiger partial charge in [0.05, 0.1) is 12.3 Å². The monoisotopic (exact) mass is 241 g/mol. The molecule has 1 heterocycles. The number of methoxy groups -OCH3 is 1. The lowest BCUT2D eigenvalue weighted by Crippen LogP contribution is -1.92. The molecule has 0 unspecified atom stereocenters. The van der Waals surface area contributed by atoms with Crippen molar-refractivity contribution < 1.29 is 4.74 Å². The summed E-state index contributed by atoms with van der Waals surface area (Å²) in [7, 11) is 1.68. The molecule has 0 spiro atoms. The van der Waals surface area contributed by atoms with Gasteiger partial charge in [0.15, 0.2) is 0 Å². The molecule has 0 aliphatic carbocycles. The van der Waals surface area contributed by atoms with Crippen LogP contribution in [0.3, 0.4) is 0 Å². The van der Waals surface area contributed by atoms with Crippen LogP contribution in [0.5, 0.6) is 0 Å². The number of hydrogen-bond donors (Lipinski definition) is 0. The fourth-order valence-electron chi connectivity index (χ4n) is 1.89. The molecule has 2 heteroatoms. The molecule has 0 atom stereocenters. The van der Waals surface area contributed by atoms with Crippen LogP contribution in [0, 0.1) is 0 Å². The summed E-state index contributed by atoms with van der Waals surface area (Å²) < 4.78 is 5.05. The molecule has 18 heavy (non-hydrogen) atoms. The van der Waals surface area contributed by atoms with Crippen molar-refractivity contribution in [3.05, 3.63) is 53.9 Å². The van der Waals surface area contributed by atoms with Crippen LogP contribution in [-0.4, -0.2) is 12.1 Å². The molecule has 0 aliphatic heterocycles. The van der Waals surface area contributed by atoms with Crippen LogP contribution in [0.1, 0.15) is 31.0 Å². The molecule has 0 N–H and O–H groups in total. The van der Waals surface area contributed by atoms with Gasteiger partial charge in [0.2, 0.25) is 0 Å². The lowest BCUT2D eigenvalue weighted by atomic mass is 9.99. The molecule has 94 valence electrons. The number of nitrogens with zero attached hydrogens (tertiary/aromatic N) is 1. The van der Waals surface area contributed by atoms with Gasteiger partial charge in [0, 0.05) is 18.9 Å². The molecule has 0 fully saturated rings. The highest BCUT2D eigenvalue weighted by atomic mass is 16.5. The molecule has 1 aromatic heterocycles. The largest absolute Gasteiger partial charge is 0.378 e. The summed E-state index contributed by atoms with van der Waals surface area (Å²) in [5.74, 6) is 0.571. The van der Waals surface area contributed by atoms with Crippen LogP contribution in [-0.2, 0) is 11.3 Å². The smallest absolute Gasteiger partial charge is 0.0884 e. The van der Waals surface area contributed by atoms with E-state index in [0.29, 0.717) is 12.5 Å². The van der Waals surface area contributed by atoms with E-state index in [1.54, 1.807) is 7.11 Å². The number of ether oxygens (including phenoxy) is 1. The summed E-state index contributed by atoms with van der Waals surface area (Å²) in [5.41, 5.74) is 4.67. The Bertz CT molecular complexity index is 486. The van der Waals surface area contributed by atoms with Crippen molar-refractivity contribution >= 4 is 0 Å². The van der Waals surface area contributed by atoms with E-state index in [2.05, 4.69) is 49.2 Å². The van der Waals surface area contributed by atoms with E-state index in [0.717, 1.165) is 11.3 Å². The highest BCUT2D eigenvalue weighted by molar-refractivity contribution is 5.62. The molecule has 0 aliphatic rings. The fraction of sp³-hybridized carbons (Fsp3) is 0.312. The second-order valence-corrected chi connectivity index (χ2v) is 4.75. The van der Waals surface area contributed by atoms with Crippen LogP contribution < -0.4 is 0 Å². The van der Waals surface area contributed by atoms with Crippen LogP contribution >= 0.6 is 0 Å². The second kappa shape index (κ2) is 5.78. The highest BCUT2D eigenvalue weighted by Crippen LogP contribution is 2.22. The van der Waals surface area contributed by atoms with Gasteiger partial charge in [-0.3, -0.25) is 4.98 Å². The number of aromatic nitrogens is 1. The zero-order valence-corrected chi connectivity index (χ0v) is 11.2. The lowest BCUT2D eigenvalue weighted by Gasteiger charge is -2.07. The maximum absolute atomic E-state index is 5.05. The fourth-order valence-corrected chi connectivity index (χ4v) is 1.89. The van der Waals surface area contributed by atoms with Gasteiger partial charge in [0.1, 0.15) is 0 Å². The number of pyridine rings is 1. The first-order valence-electron chi connectivity index (χ1n) is 6.25. The summed E-state index contributed by atoms with van der Waals surface area (Å²) >= 11 is 0. The highest BCUT2D eigenvalue weighted by Gasteiger charge is 2.01. The molecule has 2 rings (SSSR count). The Kier molecular flexibility index (Phi) is 4.11. The van der Waals surface area contributed by atoms with E-state index in [1.807, 2.05) is 12.3 Å². The molecule has 0 radical (unpaired) electrons. The Balaban J connectivity index is 2.20. The van der Waals surface area contributed by atoms with Crippen molar-refractivity contribution in [2.75, 3.05) is 7.11 Å². The Morgan fingerprint density at radius 1 is 1.00 bits per heavy atom. The van der Waals surface area contributed by atoms with Gasteiger partial charge >= 0.3 is 0 Å². The van der Waals surface area contributed by atoms with Crippen molar-refractivity contribution in [3.8, 4) is 11.1 Å². The summed E-state index contributed by atoms with van der Waals surface area (Å²) in [6, 6.07) is 12.8. The topological polar surface area (TPSA) is 22.1 Å². The summed E-state index contributed by atoms with van der Waals surface area (Å²) in [5, 5.41) is 0. The Morgan fingerprint density at radius 3 is 2.17 bits per heavy atom. The van der Waals surface area contributed by atoms with Gasteiger partial charge in [0.25, 0.3) is 0 Å². The number of hydrogen-bond acceptors (Lipinski definition) is 2. The van der Waals surface area contributed by atoms with Gasteiger partial charge in [-0.15, -0.1) is 0 Å². The van der Waals surface area contributed by atoms with E-state index >= 15 is 0 Å². The molecule has 0 amide bonds. The van der Waals surface area contributed by atoms with Crippen LogP contribution in [0.2, 0.25) is 0 Å². The van der Waals surface area contributed by atoms with E-state index in [-0.39, 0.29) is 0 Å². The first kappa shape index (κ1) is 12.8. The van der Waals surface area contributed by atoms with E-state index < -0.39 is 0 Å². The Labute approximate surface area is 109 Å². The zero-order chi connectivity index (χ0) is 13.0. The van der Waals surface area contributed by atoms with Gasteiger partial charge < -0.3 is 4.74 Å². The van der Waals surface area contributed by atoms with Crippen molar-refractivity contribution in [2.24, 2.45) is 0 Å². The van der Waals surface area contributed by atoms with Crippen LogP contribution in [0.25, 0.3) is 11.1 Å². The zero-order valence-electron chi connectivity index (χ0n) is 11.2. The van der Waals surface area contributed by atoms with Crippen molar-refractivity contribution in [2.45, 2.75) is 26.4 Å². The van der Waals surface area contributed by atoms with E-state index in [1.165, 1.54) is 11.1 Å². The Morgan fingerprint density at radius 2 is 1.67 bits per heavy atom. The normalized spacial score (nSPS) is 10.9. The average Bonchev–Trinajstić information content (AvgIpc) is 2.40. The lowest BCUT2D eigenvalue weighted by molar-refractivity contribution is 0.181. The van der Waals surface area contributed by atoms with Crippen LogP contribution in [0.15, 0.2) is 42.6 Å². The average molecular weight is 241 g/mol. The molecule has 0 saturated carbocycles. The first-order valence-corrected chi connectivity index (χ1v) is 6.25. The van der Waals surface area contributed by atoms with E-state index in [4.69, 9.17) is 4.74 Å². The Hall–Kier alpha value is -1.67. The minimum absolute atomic E-state index is 0.562.